The molecular formula is C44H64N2O3. The van der Waals surface area contributed by atoms with Crippen molar-refractivity contribution in [2.75, 3.05) is 39.5 Å². The van der Waals surface area contributed by atoms with E-state index in [1.165, 1.54) is 115 Å². The van der Waals surface area contributed by atoms with Crippen LogP contribution < -0.4 is 0 Å². The van der Waals surface area contributed by atoms with Gasteiger partial charge < -0.3 is 14.6 Å². The van der Waals surface area contributed by atoms with Gasteiger partial charge in [0.05, 0.1) is 19.3 Å². The molecule has 5 nitrogen and oxygen atoms in total. The number of aliphatic hydroxyl groups is 1. The molecule has 3 aliphatic heterocycles. The molecule has 15 fully saturated rings. The van der Waals surface area contributed by atoms with Crippen molar-refractivity contribution in [2.45, 2.75) is 135 Å². The van der Waals surface area contributed by atoms with Gasteiger partial charge in [0.15, 0.2) is 0 Å². The van der Waals surface area contributed by atoms with E-state index < -0.39 is 0 Å². The van der Waals surface area contributed by atoms with E-state index in [1.807, 2.05) is 0 Å². The molecule has 0 radical (unpaired) electrons. The second-order valence-electron chi connectivity index (χ2n) is 22.2. The van der Waals surface area contributed by atoms with Crippen LogP contribution >= 0.6 is 0 Å². The minimum atomic E-state index is -0.247. The predicted octanol–water partition coefficient (Wildman–Crippen LogP) is 7.14. The molecule has 19 atom stereocenters. The quantitative estimate of drug-likeness (QED) is 0.250. The van der Waals surface area contributed by atoms with E-state index in [9.17, 15) is 5.11 Å². The highest BCUT2D eigenvalue weighted by Crippen LogP contribution is 2.86. The maximum atomic E-state index is 11.9. The molecule has 49 heavy (non-hydrogen) atoms. The molecule has 4 spiro atoms. The molecule has 0 amide bonds. The van der Waals surface area contributed by atoms with E-state index in [0.29, 0.717) is 51.2 Å². The van der Waals surface area contributed by atoms with Crippen LogP contribution in [0.4, 0.5) is 0 Å². The second kappa shape index (κ2) is 9.07. The molecule has 12 saturated carbocycles. The molecule has 0 aromatic rings. The second-order valence-corrected chi connectivity index (χ2v) is 22.2. The van der Waals surface area contributed by atoms with Gasteiger partial charge in [-0.15, -0.1) is 0 Å². The summed E-state index contributed by atoms with van der Waals surface area (Å²) in [5, 5.41) is 11.9. The zero-order chi connectivity index (χ0) is 32.5. The van der Waals surface area contributed by atoms with Gasteiger partial charge in [0.25, 0.3) is 0 Å². The zero-order valence-electron chi connectivity index (χ0n) is 30.7. The Balaban J connectivity index is 0.746. The van der Waals surface area contributed by atoms with Crippen LogP contribution in [-0.4, -0.2) is 78.8 Å². The fourth-order valence-electron chi connectivity index (χ4n) is 21.2. The topological polar surface area (TPSA) is 45.2 Å². The smallest absolute Gasteiger partial charge is 0.116 e. The lowest BCUT2D eigenvalue weighted by Crippen LogP contribution is -2.67. The summed E-state index contributed by atoms with van der Waals surface area (Å²) >= 11 is 0. The van der Waals surface area contributed by atoms with Crippen LogP contribution in [0.15, 0.2) is 12.2 Å². The number of rotatable bonds is 5. The van der Waals surface area contributed by atoms with Gasteiger partial charge in [-0.3, -0.25) is 9.80 Å². The number of likely N-dealkylation sites (tertiary alicyclic amines) is 1. The van der Waals surface area contributed by atoms with Crippen molar-refractivity contribution in [1.29, 1.82) is 0 Å². The fourth-order valence-corrected chi connectivity index (χ4v) is 21.2. The van der Waals surface area contributed by atoms with Gasteiger partial charge in [0.1, 0.15) is 6.23 Å². The molecule has 5 heteroatoms. The van der Waals surface area contributed by atoms with Crippen molar-refractivity contribution in [3.05, 3.63) is 12.2 Å². The van der Waals surface area contributed by atoms with Gasteiger partial charge in [-0.2, -0.15) is 0 Å². The number of fused-ring (bicyclic) bond motifs is 6. The Bertz CT molecular complexity index is 1520. The average Bonchev–Trinajstić information content (AvgIpc) is 3.87. The van der Waals surface area contributed by atoms with Crippen molar-refractivity contribution in [3.63, 3.8) is 0 Å². The summed E-state index contributed by atoms with van der Waals surface area (Å²) < 4.78 is 13.6. The van der Waals surface area contributed by atoms with Gasteiger partial charge in [0, 0.05) is 49.2 Å². The molecule has 268 valence electrons. The zero-order valence-corrected chi connectivity index (χ0v) is 30.7. The maximum absolute atomic E-state index is 11.9. The molecule has 14 bridgehead atoms. The van der Waals surface area contributed by atoms with Crippen molar-refractivity contribution in [3.8, 4) is 0 Å². The molecular weight excluding hydrogens is 604 g/mol. The van der Waals surface area contributed by atoms with E-state index >= 15 is 0 Å². The number of ether oxygens (including phenoxy) is 2. The third kappa shape index (κ3) is 2.96. The molecule has 0 unspecified atom stereocenters. The van der Waals surface area contributed by atoms with Crippen LogP contribution in [0, 0.1) is 85.8 Å². The van der Waals surface area contributed by atoms with Crippen LogP contribution in [0.25, 0.3) is 0 Å². The van der Waals surface area contributed by atoms with Gasteiger partial charge >= 0.3 is 0 Å². The van der Waals surface area contributed by atoms with Crippen molar-refractivity contribution < 1.29 is 14.6 Å². The SMILES string of the molecule is C=C1[C@H]2CC[C@]3([C@@H](C2)[C@@]24CCC[C@@]5(C)CN(CCOC[C@H]6C[C@]78CC[C@H]6C[C@H]7[C@]67CCC[C@]9(C)[C@H]6C[C@H]8[C@H]7N6CCO[C@@H]69)[C@@H]2[C@@H]3C[C@H]54)[C@@H]1O. The molecule has 15 rings (SSSR count). The minimum Gasteiger partial charge on any atom is -0.388 e. The summed E-state index contributed by atoms with van der Waals surface area (Å²) in [7, 11) is 0. The Hall–Kier alpha value is -0.460. The standard InChI is InChI=1S/C44H64N2O3/c1-25-26-7-13-42(37(25)47)30-21-31-39(2)8-4-10-43(31,34(42)18-26)35(30)45(24-39)14-16-48-23-28-22-41-12-6-27(28)19-33(41)44-11-5-9-40(3)32(44)20-29(41)36(44)46-15-17-49-38(40)46/h26-38,47H,1,4-24H2,2-3H3/t26-,27-,28+,29-,30-,31+,32+,33+,34+,35+,36+,37+,38+,39-,40+,41-,42-,43-,44-/m0/s1. The Kier molecular flexibility index (Phi) is 5.54. The third-order valence-corrected chi connectivity index (χ3v) is 21.8. The van der Waals surface area contributed by atoms with E-state index in [2.05, 4.69) is 30.2 Å². The lowest BCUT2D eigenvalue weighted by molar-refractivity contribution is -0.230. The highest BCUT2D eigenvalue weighted by molar-refractivity contribution is 5.37. The van der Waals surface area contributed by atoms with Crippen LogP contribution in [0.1, 0.15) is 110 Å². The molecule has 1 N–H and O–H groups in total. The van der Waals surface area contributed by atoms with Crippen molar-refractivity contribution in [2.24, 2.45) is 85.8 Å². The normalized spacial score (nSPS) is 65.6. The lowest BCUT2D eigenvalue weighted by atomic mass is 9.39. The predicted molar refractivity (Wildman–Crippen MR) is 188 cm³/mol. The first-order valence-electron chi connectivity index (χ1n) is 21.8. The molecule has 3 heterocycles. The molecule has 0 aromatic carbocycles. The van der Waals surface area contributed by atoms with E-state index in [1.54, 1.807) is 0 Å². The number of aliphatic hydroxyl groups excluding tert-OH is 1. The third-order valence-electron chi connectivity index (χ3n) is 21.8. The highest BCUT2D eigenvalue weighted by atomic mass is 16.5. The van der Waals surface area contributed by atoms with Gasteiger partial charge in [-0.25, -0.2) is 0 Å². The fraction of sp³-hybridized carbons (Fsp3) is 0.955. The van der Waals surface area contributed by atoms with Crippen LogP contribution in [-0.2, 0) is 9.47 Å². The molecule has 3 saturated heterocycles. The Morgan fingerprint density at radius 1 is 0.857 bits per heavy atom. The molecule has 12 aliphatic carbocycles. The number of hydrogen-bond acceptors (Lipinski definition) is 5. The maximum Gasteiger partial charge on any atom is 0.116 e. The minimum absolute atomic E-state index is 0.126. The van der Waals surface area contributed by atoms with Crippen molar-refractivity contribution >= 4 is 0 Å². The monoisotopic (exact) mass is 668 g/mol. The van der Waals surface area contributed by atoms with E-state index in [4.69, 9.17) is 9.47 Å². The van der Waals surface area contributed by atoms with Crippen LogP contribution in [0.3, 0.4) is 0 Å². The molecule has 15 aliphatic rings. The Morgan fingerprint density at radius 2 is 1.69 bits per heavy atom. The molecule has 0 aromatic heterocycles. The number of nitrogens with zero attached hydrogens (tertiary/aromatic N) is 2. The first-order valence-corrected chi connectivity index (χ1v) is 21.8. The highest BCUT2D eigenvalue weighted by Gasteiger charge is 2.84. The Labute approximate surface area is 295 Å². The summed E-state index contributed by atoms with van der Waals surface area (Å²) in [6.07, 6.45) is 21.5. The number of hydrogen-bond donors (Lipinski definition) is 1. The van der Waals surface area contributed by atoms with Gasteiger partial charge in [0.2, 0.25) is 0 Å². The number of piperidine rings is 2. The van der Waals surface area contributed by atoms with Crippen molar-refractivity contribution in [1.82, 2.24) is 9.80 Å². The summed E-state index contributed by atoms with van der Waals surface area (Å²) in [5.41, 5.74) is 3.82. The van der Waals surface area contributed by atoms with Gasteiger partial charge in [-0.1, -0.05) is 33.3 Å². The van der Waals surface area contributed by atoms with Crippen LogP contribution in [0.5, 0.6) is 0 Å². The first kappa shape index (κ1) is 29.9. The van der Waals surface area contributed by atoms with E-state index in [-0.39, 0.29) is 11.5 Å². The van der Waals surface area contributed by atoms with Crippen LogP contribution in [0.2, 0.25) is 0 Å². The van der Waals surface area contributed by atoms with Gasteiger partial charge in [-0.05, 0) is 164 Å². The largest absolute Gasteiger partial charge is 0.388 e. The summed E-state index contributed by atoms with van der Waals surface area (Å²) in [5.74, 6) is 7.34. The van der Waals surface area contributed by atoms with E-state index in [0.717, 1.165) is 73.8 Å². The Morgan fingerprint density at radius 3 is 2.59 bits per heavy atom. The average molecular weight is 669 g/mol. The summed E-state index contributed by atoms with van der Waals surface area (Å²) in [4.78, 5) is 5.97. The lowest BCUT2D eigenvalue weighted by Gasteiger charge is -2.67. The first-order chi connectivity index (χ1) is 23.7. The summed E-state index contributed by atoms with van der Waals surface area (Å²) in [6, 6.07) is 1.50. The summed E-state index contributed by atoms with van der Waals surface area (Å²) in [6.45, 7) is 16.3.